The smallest absolute Gasteiger partial charge is 0.259 e. The van der Waals surface area contributed by atoms with Crippen molar-refractivity contribution in [1.82, 2.24) is 0 Å². The number of aryl methyl sites for hydroxylation is 1. The Labute approximate surface area is 145 Å². The average molecular weight is 356 g/mol. The van der Waals surface area contributed by atoms with Gasteiger partial charge in [0.05, 0.1) is 23.1 Å². The molecule has 0 radical (unpaired) electrons. The summed E-state index contributed by atoms with van der Waals surface area (Å²) in [5.74, 6) is -1.12. The Balaban J connectivity index is 0.00000288. The number of nitrogens with one attached hydrogen (secondary N) is 2. The minimum Gasteiger partial charge on any atom is -0.469 e. The molecule has 2 rings (SSSR count). The van der Waals surface area contributed by atoms with Crippen LogP contribution in [0.4, 0.5) is 15.8 Å². The van der Waals surface area contributed by atoms with Gasteiger partial charge in [0.1, 0.15) is 11.6 Å². The fourth-order valence-corrected chi connectivity index (χ4v) is 1.80. The van der Waals surface area contributed by atoms with Gasteiger partial charge < -0.3 is 20.8 Å². The number of nitrogens with two attached hydrogens (primary N) is 1. The van der Waals surface area contributed by atoms with Crippen molar-refractivity contribution < 1.29 is 18.4 Å². The van der Waals surface area contributed by atoms with Crippen LogP contribution >= 0.6 is 12.4 Å². The number of rotatable bonds is 4. The summed E-state index contributed by atoms with van der Waals surface area (Å²) in [4.78, 5) is 24.0. The molecule has 1 heterocycles. The molecule has 2 aromatic rings. The van der Waals surface area contributed by atoms with Crippen molar-refractivity contribution >= 4 is 35.6 Å². The maximum Gasteiger partial charge on any atom is 0.259 e. The van der Waals surface area contributed by atoms with Crippen LogP contribution in [0.25, 0.3) is 0 Å². The van der Waals surface area contributed by atoms with Crippen LogP contribution in [-0.2, 0) is 4.79 Å². The Hall–Kier alpha value is -2.38. The normalized spacial score (nSPS) is 10.7. The molecule has 0 aliphatic rings. The summed E-state index contributed by atoms with van der Waals surface area (Å²) in [7, 11) is 0. The molecular weight excluding hydrogens is 337 g/mol. The molecule has 130 valence electrons. The van der Waals surface area contributed by atoms with Crippen LogP contribution in [0.15, 0.2) is 34.9 Å². The first-order chi connectivity index (χ1) is 10.7. The number of anilines is 2. The largest absolute Gasteiger partial charge is 0.469 e. The first-order valence-corrected chi connectivity index (χ1v) is 6.94. The maximum absolute atomic E-state index is 13.9. The van der Waals surface area contributed by atoms with Gasteiger partial charge in [0.25, 0.3) is 5.91 Å². The van der Waals surface area contributed by atoms with Crippen molar-refractivity contribution in [2.24, 2.45) is 5.73 Å². The van der Waals surface area contributed by atoms with Crippen LogP contribution in [0.2, 0.25) is 0 Å². The number of benzene rings is 1. The monoisotopic (exact) mass is 355 g/mol. The van der Waals surface area contributed by atoms with E-state index in [1.807, 2.05) is 0 Å². The standard InChI is InChI=1S/C16H18FN3O3.ClH/c1-9-11(6-7-23-9)14(21)20-13-8-10(4-5-12(13)17)19-15(22)16(2,3)18;/h4-8H,18H2,1-3H3,(H,19,22)(H,20,21);1H. The molecule has 0 spiro atoms. The number of amides is 2. The lowest BCUT2D eigenvalue weighted by atomic mass is 10.1. The minimum absolute atomic E-state index is 0. The van der Waals surface area contributed by atoms with Gasteiger partial charge in [0.15, 0.2) is 0 Å². The van der Waals surface area contributed by atoms with E-state index in [4.69, 9.17) is 10.2 Å². The highest BCUT2D eigenvalue weighted by Crippen LogP contribution is 2.22. The highest BCUT2D eigenvalue weighted by Gasteiger charge is 2.22. The van der Waals surface area contributed by atoms with Crippen molar-refractivity contribution in [3.05, 3.63) is 47.7 Å². The first kappa shape index (κ1) is 19.7. The second-order valence-electron chi connectivity index (χ2n) is 5.72. The van der Waals surface area contributed by atoms with E-state index >= 15 is 0 Å². The van der Waals surface area contributed by atoms with Gasteiger partial charge in [-0.25, -0.2) is 4.39 Å². The van der Waals surface area contributed by atoms with Crippen molar-refractivity contribution in [1.29, 1.82) is 0 Å². The predicted molar refractivity (Wildman–Crippen MR) is 91.9 cm³/mol. The van der Waals surface area contributed by atoms with Gasteiger partial charge in [0.2, 0.25) is 5.91 Å². The Kier molecular flexibility index (Phi) is 6.11. The Morgan fingerprint density at radius 1 is 1.21 bits per heavy atom. The number of furan rings is 1. The molecule has 1 aromatic carbocycles. The number of hydrogen-bond donors (Lipinski definition) is 3. The third-order valence-corrected chi connectivity index (χ3v) is 3.16. The van der Waals surface area contributed by atoms with Crippen LogP contribution in [0.5, 0.6) is 0 Å². The van der Waals surface area contributed by atoms with Gasteiger partial charge in [-0.2, -0.15) is 0 Å². The SMILES string of the molecule is Cc1occc1C(=O)Nc1cc(NC(=O)C(C)(C)N)ccc1F.Cl. The fraction of sp³-hybridized carbons (Fsp3) is 0.250. The van der Waals surface area contributed by atoms with Gasteiger partial charge in [-0.05, 0) is 45.0 Å². The minimum atomic E-state index is -1.08. The summed E-state index contributed by atoms with van der Waals surface area (Å²) in [6, 6.07) is 5.35. The van der Waals surface area contributed by atoms with Crippen LogP contribution in [-0.4, -0.2) is 17.4 Å². The molecule has 0 unspecified atom stereocenters. The second kappa shape index (κ2) is 7.46. The Bertz CT molecular complexity index is 753. The highest BCUT2D eigenvalue weighted by atomic mass is 35.5. The summed E-state index contributed by atoms with van der Waals surface area (Å²) in [5, 5.41) is 5.02. The van der Waals surface area contributed by atoms with Crippen molar-refractivity contribution in [2.75, 3.05) is 10.6 Å². The van der Waals surface area contributed by atoms with E-state index in [-0.39, 0.29) is 18.1 Å². The number of halogens is 2. The van der Waals surface area contributed by atoms with Gasteiger partial charge >= 0.3 is 0 Å². The maximum atomic E-state index is 13.9. The zero-order chi connectivity index (χ0) is 17.2. The van der Waals surface area contributed by atoms with Crippen molar-refractivity contribution in [3.63, 3.8) is 0 Å². The third kappa shape index (κ3) is 4.56. The van der Waals surface area contributed by atoms with E-state index in [1.165, 1.54) is 24.5 Å². The van der Waals surface area contributed by atoms with Crippen molar-refractivity contribution in [2.45, 2.75) is 26.3 Å². The molecule has 2 amide bonds. The first-order valence-electron chi connectivity index (χ1n) is 6.94. The van der Waals surface area contributed by atoms with E-state index < -0.39 is 23.2 Å². The lowest BCUT2D eigenvalue weighted by Crippen LogP contribution is -2.45. The average Bonchev–Trinajstić information content (AvgIpc) is 2.87. The molecule has 24 heavy (non-hydrogen) atoms. The van der Waals surface area contributed by atoms with Gasteiger partial charge in [-0.3, -0.25) is 9.59 Å². The van der Waals surface area contributed by atoms with Crippen LogP contribution in [0.3, 0.4) is 0 Å². The number of carbonyl (C=O) groups is 2. The molecule has 4 N–H and O–H groups in total. The zero-order valence-electron chi connectivity index (χ0n) is 13.5. The molecule has 1 aromatic heterocycles. The lowest BCUT2D eigenvalue weighted by molar-refractivity contribution is -0.120. The lowest BCUT2D eigenvalue weighted by Gasteiger charge is -2.18. The zero-order valence-corrected chi connectivity index (χ0v) is 14.3. The Morgan fingerprint density at radius 3 is 2.42 bits per heavy atom. The predicted octanol–water partition coefficient (Wildman–Crippen LogP) is 3.08. The van der Waals surface area contributed by atoms with Crippen LogP contribution in [0.1, 0.15) is 30.0 Å². The molecule has 8 heteroatoms. The topological polar surface area (TPSA) is 97.4 Å². The van der Waals surface area contributed by atoms with E-state index in [2.05, 4.69) is 10.6 Å². The van der Waals surface area contributed by atoms with Crippen LogP contribution < -0.4 is 16.4 Å². The molecule has 0 saturated heterocycles. The second-order valence-corrected chi connectivity index (χ2v) is 5.72. The fourth-order valence-electron chi connectivity index (χ4n) is 1.80. The quantitative estimate of drug-likeness (QED) is 0.785. The summed E-state index contributed by atoms with van der Waals surface area (Å²) in [6.07, 6.45) is 1.38. The summed E-state index contributed by atoms with van der Waals surface area (Å²) < 4.78 is 18.9. The van der Waals surface area contributed by atoms with E-state index in [0.29, 0.717) is 17.0 Å². The van der Waals surface area contributed by atoms with Crippen LogP contribution in [0, 0.1) is 12.7 Å². The molecule has 0 aliphatic heterocycles. The summed E-state index contributed by atoms with van der Waals surface area (Å²) in [5.41, 5.74) is 5.20. The number of carbonyl (C=O) groups excluding carboxylic acids is 2. The van der Waals surface area contributed by atoms with Gasteiger partial charge in [-0.15, -0.1) is 12.4 Å². The molecule has 6 nitrogen and oxygen atoms in total. The molecular formula is C16H19ClFN3O3. The molecule has 0 atom stereocenters. The third-order valence-electron chi connectivity index (χ3n) is 3.16. The molecule has 0 bridgehead atoms. The molecule has 0 fully saturated rings. The van der Waals surface area contributed by atoms with Gasteiger partial charge in [-0.1, -0.05) is 0 Å². The van der Waals surface area contributed by atoms with E-state index in [0.717, 1.165) is 6.07 Å². The molecule has 0 aliphatic carbocycles. The van der Waals surface area contributed by atoms with Gasteiger partial charge in [0, 0.05) is 5.69 Å². The van der Waals surface area contributed by atoms with E-state index in [9.17, 15) is 14.0 Å². The summed E-state index contributed by atoms with van der Waals surface area (Å²) in [6.45, 7) is 4.73. The van der Waals surface area contributed by atoms with E-state index in [1.54, 1.807) is 20.8 Å². The highest BCUT2D eigenvalue weighted by molar-refractivity contribution is 6.05. The number of hydrogen-bond acceptors (Lipinski definition) is 4. The summed E-state index contributed by atoms with van der Waals surface area (Å²) >= 11 is 0. The Morgan fingerprint density at radius 2 is 1.88 bits per heavy atom. The van der Waals surface area contributed by atoms with Crippen molar-refractivity contribution in [3.8, 4) is 0 Å². The molecule has 0 saturated carbocycles.